The Morgan fingerprint density at radius 3 is 2.27 bits per heavy atom. The van der Waals surface area contributed by atoms with E-state index in [1.165, 1.54) is 72.6 Å². The summed E-state index contributed by atoms with van der Waals surface area (Å²) in [4.78, 5) is 40.7. The summed E-state index contributed by atoms with van der Waals surface area (Å²) in [6.07, 6.45) is -5.64. The maximum Gasteiger partial charge on any atom is 0.417 e. The highest BCUT2D eigenvalue weighted by Gasteiger charge is 2.39. The van der Waals surface area contributed by atoms with Crippen molar-refractivity contribution >= 4 is 33.6 Å². The Bertz CT molecular complexity index is 2180. The molecule has 0 saturated carbocycles. The minimum absolute atomic E-state index is 0.0163. The number of alkyl halides is 5. The van der Waals surface area contributed by atoms with Gasteiger partial charge in [0.05, 0.1) is 28.8 Å². The normalized spacial score (nSPS) is 15.5. The molecular formula is C36H29F6N3O4. The molecule has 1 amide bonds. The molecule has 49 heavy (non-hydrogen) atoms. The number of carbonyl (C=O) groups excluding carboxylic acids is 1. The molecule has 1 aliphatic heterocycles. The number of aliphatic carboxylic acids is 1. The van der Waals surface area contributed by atoms with Gasteiger partial charge in [-0.15, -0.1) is 0 Å². The zero-order chi connectivity index (χ0) is 35.2. The van der Waals surface area contributed by atoms with E-state index in [9.17, 15) is 41.4 Å². The number of likely N-dealkylation sites (tertiary alicyclic amines) is 1. The smallest absolute Gasteiger partial charge is 0.417 e. The van der Waals surface area contributed by atoms with Crippen LogP contribution in [0, 0.1) is 5.82 Å². The molecule has 1 aliphatic rings. The molecular weight excluding hydrogens is 652 g/mol. The first-order chi connectivity index (χ1) is 23.2. The van der Waals surface area contributed by atoms with E-state index >= 15 is 4.39 Å². The number of carboxylic acid groups (broad SMARTS) is 1. The summed E-state index contributed by atoms with van der Waals surface area (Å²) in [5.74, 6) is -6.42. The highest BCUT2D eigenvalue weighted by molar-refractivity contribution is 6.02. The highest BCUT2D eigenvalue weighted by atomic mass is 19.4. The van der Waals surface area contributed by atoms with Crippen LogP contribution < -0.4 is 10.9 Å². The second-order valence-corrected chi connectivity index (χ2v) is 12.1. The number of amides is 1. The number of para-hydroxylation sites is 1. The van der Waals surface area contributed by atoms with Gasteiger partial charge in [-0.05, 0) is 39.6 Å². The third kappa shape index (κ3) is 6.50. The zero-order valence-electron chi connectivity index (χ0n) is 26.0. The van der Waals surface area contributed by atoms with Crippen LogP contribution in [0.2, 0.25) is 0 Å². The molecule has 254 valence electrons. The van der Waals surface area contributed by atoms with Gasteiger partial charge in [0.25, 0.3) is 17.4 Å². The molecule has 2 N–H and O–H groups in total. The van der Waals surface area contributed by atoms with Crippen LogP contribution in [0.3, 0.4) is 0 Å². The maximum absolute atomic E-state index is 15.0. The summed E-state index contributed by atoms with van der Waals surface area (Å²) >= 11 is 0. The molecule has 1 atom stereocenters. The van der Waals surface area contributed by atoms with Gasteiger partial charge in [0.1, 0.15) is 11.9 Å². The first-order valence-electron chi connectivity index (χ1n) is 15.3. The Morgan fingerprint density at radius 1 is 0.918 bits per heavy atom. The first kappa shape index (κ1) is 33.7. The fraction of sp³-hybridized carbons (Fsp3) is 0.250. The zero-order valence-corrected chi connectivity index (χ0v) is 26.0. The largest absolute Gasteiger partial charge is 0.480 e. The lowest BCUT2D eigenvalue weighted by atomic mass is 9.90. The summed E-state index contributed by atoms with van der Waals surface area (Å²) in [6, 6.07) is 16.8. The van der Waals surface area contributed by atoms with Gasteiger partial charge in [0.15, 0.2) is 0 Å². The highest BCUT2D eigenvalue weighted by Crippen LogP contribution is 2.42. The molecule has 0 bridgehead atoms. The molecule has 0 aliphatic carbocycles. The number of pyridine rings is 1. The van der Waals surface area contributed by atoms with Gasteiger partial charge in [-0.2, -0.15) is 13.2 Å². The number of benzene rings is 4. The Morgan fingerprint density at radius 2 is 1.57 bits per heavy atom. The number of fused-ring (bicyclic) bond motifs is 2. The maximum atomic E-state index is 15.0. The predicted molar refractivity (Wildman–Crippen MR) is 171 cm³/mol. The molecule has 4 aromatic carbocycles. The molecule has 5 aromatic rings. The van der Waals surface area contributed by atoms with Gasteiger partial charge in [0, 0.05) is 38.4 Å². The lowest BCUT2D eigenvalue weighted by Crippen LogP contribution is -2.43. The molecule has 1 fully saturated rings. The number of aryl methyl sites for hydroxylation is 1. The van der Waals surface area contributed by atoms with E-state index in [0.717, 1.165) is 10.6 Å². The molecule has 0 unspecified atom stereocenters. The predicted octanol–water partition coefficient (Wildman–Crippen LogP) is 6.78. The average Bonchev–Trinajstić information content (AvgIpc) is 3.39. The summed E-state index contributed by atoms with van der Waals surface area (Å²) in [5, 5.41) is 12.8. The third-order valence-electron chi connectivity index (χ3n) is 8.87. The monoisotopic (exact) mass is 681 g/mol. The van der Waals surface area contributed by atoms with Crippen LogP contribution in [0.5, 0.6) is 0 Å². The molecule has 0 radical (unpaired) electrons. The summed E-state index contributed by atoms with van der Waals surface area (Å²) in [5.41, 5.74) is -2.51. The molecule has 13 heteroatoms. The molecule has 1 saturated heterocycles. The fourth-order valence-electron chi connectivity index (χ4n) is 6.60. The number of nitrogens with one attached hydrogen (secondary N) is 1. The van der Waals surface area contributed by atoms with E-state index in [-0.39, 0.29) is 53.3 Å². The van der Waals surface area contributed by atoms with Crippen molar-refractivity contribution in [3.63, 3.8) is 0 Å². The van der Waals surface area contributed by atoms with Crippen LogP contribution in [0.15, 0.2) is 83.7 Å². The van der Waals surface area contributed by atoms with Crippen LogP contribution in [0.1, 0.15) is 33.5 Å². The second kappa shape index (κ2) is 12.7. The van der Waals surface area contributed by atoms with E-state index in [0.29, 0.717) is 10.9 Å². The van der Waals surface area contributed by atoms with Crippen molar-refractivity contribution in [2.75, 3.05) is 13.1 Å². The van der Waals surface area contributed by atoms with E-state index in [2.05, 4.69) is 5.32 Å². The molecule has 2 heterocycles. The van der Waals surface area contributed by atoms with Crippen molar-refractivity contribution in [3.8, 4) is 11.1 Å². The van der Waals surface area contributed by atoms with Crippen molar-refractivity contribution in [2.24, 2.45) is 7.05 Å². The van der Waals surface area contributed by atoms with Crippen molar-refractivity contribution < 1.29 is 41.0 Å². The number of halogens is 6. The Kier molecular flexibility index (Phi) is 8.74. The van der Waals surface area contributed by atoms with Gasteiger partial charge >= 0.3 is 12.1 Å². The molecule has 0 spiro atoms. The van der Waals surface area contributed by atoms with Crippen LogP contribution in [-0.2, 0) is 31.0 Å². The van der Waals surface area contributed by atoms with Crippen molar-refractivity contribution in [1.29, 1.82) is 0 Å². The van der Waals surface area contributed by atoms with Crippen molar-refractivity contribution in [1.82, 2.24) is 14.8 Å². The standard InChI is InChI=1S/C36H29F6N3O4/c1-44-28-14-3-2-9-25(28)31(36(40,41)42)30(33(44)47)24-12-6-10-22-20(7-4-11-23(22)24)17-27(34(48)49)43-32(46)29-21(8-5-13-26(29)37)18-45-16-15-35(38,39)19-45/h2-14,27H,15-19H2,1H3,(H,43,46)(H,48,49)/t27-/m0/s1. The number of carbonyl (C=O) groups is 2. The Labute approximate surface area is 275 Å². The quantitative estimate of drug-likeness (QED) is 0.176. The topological polar surface area (TPSA) is 91.6 Å². The average molecular weight is 682 g/mol. The lowest BCUT2D eigenvalue weighted by Gasteiger charge is -2.21. The van der Waals surface area contributed by atoms with Crippen molar-refractivity contribution in [2.45, 2.75) is 37.5 Å². The minimum Gasteiger partial charge on any atom is -0.480 e. The van der Waals surface area contributed by atoms with Gasteiger partial charge in [0.2, 0.25) is 0 Å². The van der Waals surface area contributed by atoms with Crippen molar-refractivity contribution in [3.05, 3.63) is 117 Å². The van der Waals surface area contributed by atoms with E-state index in [1.54, 1.807) is 12.1 Å². The fourth-order valence-corrected chi connectivity index (χ4v) is 6.60. The van der Waals surface area contributed by atoms with Gasteiger partial charge in [-0.25, -0.2) is 18.0 Å². The molecule has 6 rings (SSSR count). The number of nitrogens with zero attached hydrogens (tertiary/aromatic N) is 2. The lowest BCUT2D eigenvalue weighted by molar-refractivity contribution is -0.139. The number of hydrogen-bond acceptors (Lipinski definition) is 4. The van der Waals surface area contributed by atoms with Crippen LogP contribution in [0.4, 0.5) is 26.3 Å². The van der Waals surface area contributed by atoms with E-state index in [1.807, 2.05) is 0 Å². The Balaban J connectivity index is 1.38. The van der Waals surface area contributed by atoms with Gasteiger partial charge < -0.3 is 15.0 Å². The second-order valence-electron chi connectivity index (χ2n) is 12.1. The van der Waals surface area contributed by atoms with Crippen LogP contribution >= 0.6 is 0 Å². The van der Waals surface area contributed by atoms with Crippen LogP contribution in [0.25, 0.3) is 32.8 Å². The first-order valence-corrected chi connectivity index (χ1v) is 15.3. The number of aromatic nitrogens is 1. The number of carboxylic acids is 1. The Hall–Kier alpha value is -5.17. The summed E-state index contributed by atoms with van der Waals surface area (Å²) < 4.78 is 87.7. The third-order valence-corrected chi connectivity index (χ3v) is 8.87. The molecule has 1 aromatic heterocycles. The number of rotatable bonds is 8. The van der Waals surface area contributed by atoms with Gasteiger partial charge in [-0.1, -0.05) is 66.7 Å². The van der Waals surface area contributed by atoms with Gasteiger partial charge in [-0.3, -0.25) is 14.5 Å². The SMILES string of the molecule is Cn1c(=O)c(-c2cccc3c(C[C@H](NC(=O)c4c(F)cccc4CN4CCC(F)(F)C4)C(=O)O)cccc23)c(C(F)(F)F)c2ccccc21. The minimum atomic E-state index is -4.90. The van der Waals surface area contributed by atoms with Crippen LogP contribution in [-0.4, -0.2) is 51.5 Å². The molecule has 7 nitrogen and oxygen atoms in total. The van der Waals surface area contributed by atoms with E-state index < -0.39 is 64.6 Å². The van der Waals surface area contributed by atoms with E-state index in [4.69, 9.17) is 0 Å². The number of hydrogen-bond donors (Lipinski definition) is 2. The summed E-state index contributed by atoms with van der Waals surface area (Å²) in [6.45, 7) is -0.698. The summed E-state index contributed by atoms with van der Waals surface area (Å²) in [7, 11) is 1.38.